The van der Waals surface area contributed by atoms with E-state index in [9.17, 15) is 9.90 Å². The van der Waals surface area contributed by atoms with Gasteiger partial charge in [-0.15, -0.1) is 0 Å². The molecule has 9 heteroatoms. The maximum Gasteiger partial charge on any atom is 0.322 e. The SMILES string of the molecule is COc1ccc(C2NC(=O)N(Cc3ccccc3OC)C(C)=C2c2nc(-c3ccccc3)no2)cc1O. The molecule has 188 valence electrons. The van der Waals surface area contributed by atoms with E-state index in [1.54, 1.807) is 30.2 Å². The molecule has 5 rings (SSSR count). The Bertz CT molecular complexity index is 1460. The van der Waals surface area contributed by atoms with Gasteiger partial charge in [0.25, 0.3) is 5.89 Å². The third-order valence-corrected chi connectivity index (χ3v) is 6.34. The number of allylic oxidation sites excluding steroid dienone is 1. The molecule has 4 aromatic rings. The number of aromatic nitrogens is 2. The molecular formula is C28H26N4O5. The van der Waals surface area contributed by atoms with Crippen molar-refractivity contribution in [3.05, 3.63) is 95.5 Å². The molecule has 2 heterocycles. The van der Waals surface area contributed by atoms with E-state index in [1.165, 1.54) is 7.11 Å². The lowest BCUT2D eigenvalue weighted by Gasteiger charge is -2.35. The summed E-state index contributed by atoms with van der Waals surface area (Å²) in [7, 11) is 3.07. The van der Waals surface area contributed by atoms with E-state index in [0.29, 0.717) is 34.2 Å². The van der Waals surface area contributed by atoms with Gasteiger partial charge in [-0.05, 0) is 30.7 Å². The second kappa shape index (κ2) is 10.1. The molecule has 0 spiro atoms. The summed E-state index contributed by atoms with van der Waals surface area (Å²) < 4.78 is 16.4. The van der Waals surface area contributed by atoms with Crippen LogP contribution in [0.15, 0.2) is 83.0 Å². The predicted octanol–water partition coefficient (Wildman–Crippen LogP) is 5.16. The Hall–Kier alpha value is -4.79. The van der Waals surface area contributed by atoms with Gasteiger partial charge < -0.3 is 24.4 Å². The Balaban J connectivity index is 1.62. The zero-order valence-corrected chi connectivity index (χ0v) is 20.6. The van der Waals surface area contributed by atoms with Crippen molar-refractivity contribution in [2.75, 3.05) is 14.2 Å². The summed E-state index contributed by atoms with van der Waals surface area (Å²) in [5.41, 5.74) is 3.54. The van der Waals surface area contributed by atoms with Gasteiger partial charge >= 0.3 is 6.03 Å². The highest BCUT2D eigenvalue weighted by atomic mass is 16.5. The lowest BCUT2D eigenvalue weighted by Crippen LogP contribution is -2.45. The normalized spacial score (nSPS) is 15.5. The van der Waals surface area contributed by atoms with E-state index in [4.69, 9.17) is 14.0 Å². The summed E-state index contributed by atoms with van der Waals surface area (Å²) in [6.07, 6.45) is 0. The van der Waals surface area contributed by atoms with Crippen LogP contribution in [0.3, 0.4) is 0 Å². The molecule has 0 fully saturated rings. The molecule has 0 radical (unpaired) electrons. The molecular weight excluding hydrogens is 472 g/mol. The second-order valence-corrected chi connectivity index (χ2v) is 8.50. The maximum absolute atomic E-state index is 13.4. The summed E-state index contributed by atoms with van der Waals surface area (Å²) >= 11 is 0. The molecule has 3 aromatic carbocycles. The van der Waals surface area contributed by atoms with Crippen molar-refractivity contribution in [2.24, 2.45) is 0 Å². The van der Waals surface area contributed by atoms with Crippen LogP contribution in [-0.4, -0.2) is 40.4 Å². The van der Waals surface area contributed by atoms with Crippen LogP contribution < -0.4 is 14.8 Å². The fraction of sp³-hybridized carbons (Fsp3) is 0.179. The van der Waals surface area contributed by atoms with Crippen LogP contribution in [0.1, 0.15) is 30.0 Å². The second-order valence-electron chi connectivity index (χ2n) is 8.50. The van der Waals surface area contributed by atoms with Crippen molar-refractivity contribution in [1.82, 2.24) is 20.4 Å². The molecule has 1 aliphatic heterocycles. The van der Waals surface area contributed by atoms with Gasteiger partial charge in [0.05, 0.1) is 32.4 Å². The molecule has 0 aliphatic carbocycles. The van der Waals surface area contributed by atoms with Crippen LogP contribution in [0.4, 0.5) is 4.79 Å². The van der Waals surface area contributed by atoms with Crippen molar-refractivity contribution in [3.8, 4) is 28.6 Å². The fourth-order valence-electron chi connectivity index (χ4n) is 4.43. The van der Waals surface area contributed by atoms with Gasteiger partial charge in [0.15, 0.2) is 11.5 Å². The van der Waals surface area contributed by atoms with E-state index in [2.05, 4.69) is 15.5 Å². The highest BCUT2D eigenvalue weighted by Gasteiger charge is 2.36. The van der Waals surface area contributed by atoms with Crippen molar-refractivity contribution in [3.63, 3.8) is 0 Å². The number of hydrogen-bond acceptors (Lipinski definition) is 7. The Morgan fingerprint density at radius 3 is 2.46 bits per heavy atom. The lowest BCUT2D eigenvalue weighted by atomic mass is 9.94. The highest BCUT2D eigenvalue weighted by molar-refractivity contribution is 5.87. The van der Waals surface area contributed by atoms with Crippen LogP contribution in [0.2, 0.25) is 0 Å². The van der Waals surface area contributed by atoms with Crippen molar-refractivity contribution < 1.29 is 23.9 Å². The summed E-state index contributed by atoms with van der Waals surface area (Å²) in [4.78, 5) is 19.7. The molecule has 0 saturated carbocycles. The van der Waals surface area contributed by atoms with E-state index < -0.39 is 6.04 Å². The van der Waals surface area contributed by atoms with Crippen LogP contribution >= 0.6 is 0 Å². The zero-order chi connectivity index (χ0) is 25.9. The minimum absolute atomic E-state index is 0.0433. The average Bonchev–Trinajstić information content (AvgIpc) is 3.41. The number of phenolic OH excluding ortho intramolecular Hbond substituents is 1. The molecule has 1 aromatic heterocycles. The monoisotopic (exact) mass is 498 g/mol. The number of rotatable bonds is 7. The van der Waals surface area contributed by atoms with Crippen LogP contribution in [-0.2, 0) is 6.54 Å². The third kappa shape index (κ3) is 4.58. The van der Waals surface area contributed by atoms with Gasteiger partial charge in [0, 0.05) is 16.8 Å². The van der Waals surface area contributed by atoms with Gasteiger partial charge in [-0.3, -0.25) is 4.90 Å². The predicted molar refractivity (Wildman–Crippen MR) is 137 cm³/mol. The number of ether oxygens (including phenoxy) is 2. The largest absolute Gasteiger partial charge is 0.504 e. The van der Waals surface area contributed by atoms with Crippen molar-refractivity contribution in [1.29, 1.82) is 0 Å². The number of methoxy groups -OCH3 is 2. The molecule has 2 amide bonds. The molecule has 1 aliphatic rings. The molecule has 2 N–H and O–H groups in total. The molecule has 0 bridgehead atoms. The number of para-hydroxylation sites is 1. The van der Waals surface area contributed by atoms with E-state index in [0.717, 1.165) is 11.1 Å². The fourth-order valence-corrected chi connectivity index (χ4v) is 4.43. The number of phenols is 1. The first kappa shape index (κ1) is 23.9. The molecule has 0 saturated heterocycles. The lowest BCUT2D eigenvalue weighted by molar-refractivity contribution is 0.202. The first-order valence-electron chi connectivity index (χ1n) is 11.7. The Morgan fingerprint density at radius 2 is 1.73 bits per heavy atom. The third-order valence-electron chi connectivity index (χ3n) is 6.34. The number of aromatic hydroxyl groups is 1. The molecule has 1 atom stereocenters. The van der Waals surface area contributed by atoms with Gasteiger partial charge in [-0.25, -0.2) is 4.79 Å². The van der Waals surface area contributed by atoms with Crippen molar-refractivity contribution >= 4 is 11.6 Å². The standard InChI is InChI=1S/C28H26N4O5/c1-17-24(27-30-26(31-37-27)18-9-5-4-6-10-18)25(19-13-14-23(36-3)21(33)15-19)29-28(34)32(17)16-20-11-7-8-12-22(20)35-2/h4-15,25,33H,16H2,1-3H3,(H,29,34). The Labute approximate surface area is 214 Å². The minimum Gasteiger partial charge on any atom is -0.504 e. The van der Waals surface area contributed by atoms with E-state index >= 15 is 0 Å². The maximum atomic E-state index is 13.4. The quantitative estimate of drug-likeness (QED) is 0.362. The van der Waals surface area contributed by atoms with Crippen LogP contribution in [0, 0.1) is 0 Å². The zero-order valence-electron chi connectivity index (χ0n) is 20.6. The topological polar surface area (TPSA) is 110 Å². The minimum atomic E-state index is -0.651. The smallest absolute Gasteiger partial charge is 0.322 e. The Morgan fingerprint density at radius 1 is 1.00 bits per heavy atom. The number of hydrogen-bond donors (Lipinski definition) is 2. The average molecular weight is 499 g/mol. The number of carbonyl (C=O) groups is 1. The number of amides is 2. The highest BCUT2D eigenvalue weighted by Crippen LogP contribution is 2.40. The molecule has 9 nitrogen and oxygen atoms in total. The van der Waals surface area contributed by atoms with Gasteiger partial charge in [0.2, 0.25) is 5.82 Å². The first-order chi connectivity index (χ1) is 18.0. The number of nitrogens with zero attached hydrogens (tertiary/aromatic N) is 3. The number of nitrogens with one attached hydrogen (secondary N) is 1. The van der Waals surface area contributed by atoms with Crippen LogP contribution in [0.25, 0.3) is 17.0 Å². The number of urea groups is 1. The summed E-state index contributed by atoms with van der Waals surface area (Å²) in [5.74, 6) is 1.66. The van der Waals surface area contributed by atoms with Crippen LogP contribution in [0.5, 0.6) is 17.2 Å². The van der Waals surface area contributed by atoms with E-state index in [1.807, 2.05) is 61.5 Å². The number of benzene rings is 3. The Kier molecular flexibility index (Phi) is 6.51. The molecule has 37 heavy (non-hydrogen) atoms. The molecule has 1 unspecified atom stereocenters. The van der Waals surface area contributed by atoms with E-state index in [-0.39, 0.29) is 24.2 Å². The summed E-state index contributed by atoms with van der Waals surface area (Å²) in [5, 5.41) is 17.7. The summed E-state index contributed by atoms with van der Waals surface area (Å²) in [6, 6.07) is 21.1. The van der Waals surface area contributed by atoms with Gasteiger partial charge in [-0.1, -0.05) is 59.8 Å². The van der Waals surface area contributed by atoms with Crippen molar-refractivity contribution in [2.45, 2.75) is 19.5 Å². The van der Waals surface area contributed by atoms with Gasteiger partial charge in [0.1, 0.15) is 5.75 Å². The summed E-state index contributed by atoms with van der Waals surface area (Å²) in [6.45, 7) is 2.11. The first-order valence-corrected chi connectivity index (χ1v) is 11.7. The number of carbonyl (C=O) groups excluding carboxylic acids is 1. The van der Waals surface area contributed by atoms with Gasteiger partial charge in [-0.2, -0.15) is 4.98 Å².